The number of carbonyl (C=O) groups is 3. The van der Waals surface area contributed by atoms with E-state index < -0.39 is 5.97 Å². The summed E-state index contributed by atoms with van der Waals surface area (Å²) in [5.74, 6) is -0.791. The molecule has 0 saturated carbocycles. The minimum atomic E-state index is -1.07. The number of amides is 1. The fourth-order valence-corrected chi connectivity index (χ4v) is 2.82. The molecule has 0 saturated heterocycles. The maximum atomic E-state index is 12.6. The third kappa shape index (κ3) is 3.10. The lowest BCUT2D eigenvalue weighted by Crippen LogP contribution is -2.27. The van der Waals surface area contributed by atoms with Gasteiger partial charge in [-0.25, -0.2) is 4.79 Å². The number of nitrogens with one attached hydrogen (secondary N) is 1. The molecule has 128 valence electrons. The average Bonchev–Trinajstić information content (AvgIpc) is 2.97. The van der Waals surface area contributed by atoms with E-state index in [1.165, 1.54) is 17.9 Å². The van der Waals surface area contributed by atoms with Crippen molar-refractivity contribution in [2.75, 3.05) is 7.05 Å². The second-order valence-corrected chi connectivity index (χ2v) is 5.83. The van der Waals surface area contributed by atoms with Crippen molar-refractivity contribution < 1.29 is 23.9 Å². The molecule has 7 nitrogen and oxygen atoms in total. The number of aryl methyl sites for hydroxylation is 2. The van der Waals surface area contributed by atoms with Gasteiger partial charge in [-0.05, 0) is 39.3 Å². The molecule has 7 heteroatoms. The largest absolute Gasteiger partial charge is 0.478 e. The van der Waals surface area contributed by atoms with E-state index in [1.807, 2.05) is 0 Å². The van der Waals surface area contributed by atoms with Crippen LogP contribution in [0.4, 0.5) is 0 Å². The lowest BCUT2D eigenvalue weighted by atomic mass is 10.1. The minimum Gasteiger partial charge on any atom is -0.478 e. The van der Waals surface area contributed by atoms with Crippen LogP contribution in [0.2, 0.25) is 0 Å². The Morgan fingerprint density at radius 2 is 1.88 bits per heavy atom. The van der Waals surface area contributed by atoms with Gasteiger partial charge in [0.1, 0.15) is 22.8 Å². The molecule has 24 heavy (non-hydrogen) atoms. The monoisotopic (exact) mass is 332 g/mol. The number of carbonyl (C=O) groups excluding carboxylic acids is 2. The van der Waals surface area contributed by atoms with Gasteiger partial charge >= 0.3 is 5.97 Å². The van der Waals surface area contributed by atoms with Crippen LogP contribution in [0.3, 0.4) is 0 Å². The van der Waals surface area contributed by atoms with Gasteiger partial charge in [0.2, 0.25) is 0 Å². The number of Topliss-reactive ketones (excluding diaryl/α,β-unsaturated/α-hetero) is 1. The molecule has 0 spiro atoms. The Kier molecular flexibility index (Phi) is 4.64. The highest BCUT2D eigenvalue weighted by Crippen LogP contribution is 2.21. The minimum absolute atomic E-state index is 0.0802. The second-order valence-electron chi connectivity index (χ2n) is 5.83. The summed E-state index contributed by atoms with van der Waals surface area (Å²) in [6, 6.07) is 1.41. The predicted octanol–water partition coefficient (Wildman–Crippen LogP) is 2.71. The van der Waals surface area contributed by atoms with Gasteiger partial charge in [0.25, 0.3) is 5.91 Å². The molecule has 2 N–H and O–H groups in total. The van der Waals surface area contributed by atoms with E-state index in [0.717, 1.165) is 0 Å². The molecule has 0 aromatic carbocycles. The van der Waals surface area contributed by atoms with E-state index in [-0.39, 0.29) is 23.8 Å². The number of furan rings is 1. The van der Waals surface area contributed by atoms with Crippen molar-refractivity contribution in [1.29, 1.82) is 0 Å². The smallest absolute Gasteiger partial charge is 0.339 e. The number of carboxylic acid groups (broad SMARTS) is 1. The molecular formula is C17H20N2O5. The van der Waals surface area contributed by atoms with Gasteiger partial charge < -0.3 is 19.4 Å². The fourth-order valence-electron chi connectivity index (χ4n) is 2.82. The Balaban J connectivity index is 2.24. The highest BCUT2D eigenvalue weighted by molar-refractivity contribution is 6.02. The summed E-state index contributed by atoms with van der Waals surface area (Å²) in [5.41, 5.74) is 2.21. The summed E-state index contributed by atoms with van der Waals surface area (Å²) in [7, 11) is 1.59. The number of rotatable bonds is 5. The lowest BCUT2D eigenvalue weighted by molar-refractivity contribution is 0.0693. The molecular weight excluding hydrogens is 312 g/mol. The highest BCUT2D eigenvalue weighted by atomic mass is 16.4. The van der Waals surface area contributed by atoms with Crippen LogP contribution < -0.4 is 0 Å². The number of aromatic amines is 1. The van der Waals surface area contributed by atoms with E-state index in [2.05, 4.69) is 4.98 Å². The fraction of sp³-hybridized carbons (Fsp3) is 0.353. The molecule has 0 atom stereocenters. The molecule has 1 amide bonds. The number of ketones is 1. The Bertz CT molecular complexity index is 828. The number of hydrogen-bond acceptors (Lipinski definition) is 4. The molecule has 0 aliphatic rings. The molecule has 0 aliphatic heterocycles. The molecule has 0 bridgehead atoms. The van der Waals surface area contributed by atoms with Crippen LogP contribution in [-0.2, 0) is 6.54 Å². The van der Waals surface area contributed by atoms with E-state index >= 15 is 0 Å². The van der Waals surface area contributed by atoms with Crippen LogP contribution in [0.5, 0.6) is 0 Å². The number of H-pyrrole nitrogens is 1. The molecule has 2 aromatic rings. The number of hydrogen-bond donors (Lipinski definition) is 2. The molecule has 0 unspecified atom stereocenters. The van der Waals surface area contributed by atoms with Crippen molar-refractivity contribution in [3.63, 3.8) is 0 Å². The van der Waals surface area contributed by atoms with E-state index in [0.29, 0.717) is 34.0 Å². The van der Waals surface area contributed by atoms with Gasteiger partial charge in [0.05, 0.1) is 6.54 Å². The van der Waals surface area contributed by atoms with E-state index in [9.17, 15) is 14.4 Å². The SMILES string of the molecule is CC(=O)c1c(C)[nH]c(C(=O)N(C)Cc2cc(C(=O)O)c(C)o2)c1C. The predicted molar refractivity (Wildman–Crippen MR) is 86.5 cm³/mol. The molecule has 0 aliphatic carbocycles. The molecule has 2 aromatic heterocycles. The molecule has 2 heterocycles. The lowest BCUT2D eigenvalue weighted by Gasteiger charge is -2.15. The highest BCUT2D eigenvalue weighted by Gasteiger charge is 2.23. The number of aromatic carboxylic acids is 1. The Labute approximate surface area is 139 Å². The Hall–Kier alpha value is -2.83. The normalized spacial score (nSPS) is 10.7. The van der Waals surface area contributed by atoms with Crippen molar-refractivity contribution in [3.8, 4) is 0 Å². The molecule has 2 rings (SSSR count). The summed E-state index contributed by atoms with van der Waals surface area (Å²) in [5, 5.41) is 9.04. The van der Waals surface area contributed by atoms with Gasteiger partial charge in [-0.15, -0.1) is 0 Å². The van der Waals surface area contributed by atoms with Crippen molar-refractivity contribution >= 4 is 17.7 Å². The number of aromatic nitrogens is 1. The van der Waals surface area contributed by atoms with Crippen molar-refractivity contribution in [2.24, 2.45) is 0 Å². The van der Waals surface area contributed by atoms with Crippen LogP contribution in [0.15, 0.2) is 10.5 Å². The third-order valence-electron chi connectivity index (χ3n) is 3.94. The first-order chi connectivity index (χ1) is 11.1. The van der Waals surface area contributed by atoms with Gasteiger partial charge in [-0.1, -0.05) is 0 Å². The zero-order valence-electron chi connectivity index (χ0n) is 14.3. The zero-order valence-corrected chi connectivity index (χ0v) is 14.3. The number of nitrogens with zero attached hydrogens (tertiary/aromatic N) is 1. The van der Waals surface area contributed by atoms with E-state index in [1.54, 1.807) is 27.8 Å². The van der Waals surface area contributed by atoms with Gasteiger partial charge in [-0.2, -0.15) is 0 Å². The maximum absolute atomic E-state index is 12.6. The zero-order chi connectivity index (χ0) is 18.2. The van der Waals surface area contributed by atoms with E-state index in [4.69, 9.17) is 9.52 Å². The molecule has 0 radical (unpaired) electrons. The second kappa shape index (κ2) is 6.35. The van der Waals surface area contributed by atoms with Crippen molar-refractivity contribution in [3.05, 3.63) is 45.7 Å². The maximum Gasteiger partial charge on any atom is 0.339 e. The summed E-state index contributed by atoms with van der Waals surface area (Å²) in [6.07, 6.45) is 0. The topological polar surface area (TPSA) is 104 Å². The van der Waals surface area contributed by atoms with Crippen LogP contribution in [-0.4, -0.2) is 39.7 Å². The van der Waals surface area contributed by atoms with Crippen LogP contribution in [0, 0.1) is 20.8 Å². The van der Waals surface area contributed by atoms with Crippen LogP contribution in [0.25, 0.3) is 0 Å². The van der Waals surface area contributed by atoms with Crippen molar-refractivity contribution in [2.45, 2.75) is 34.2 Å². The molecule has 0 fully saturated rings. The Morgan fingerprint density at radius 3 is 2.33 bits per heavy atom. The van der Waals surface area contributed by atoms with Gasteiger partial charge in [0, 0.05) is 18.3 Å². The summed E-state index contributed by atoms with van der Waals surface area (Å²) in [6.45, 7) is 6.61. The quantitative estimate of drug-likeness (QED) is 0.819. The first kappa shape index (κ1) is 17.5. The summed E-state index contributed by atoms with van der Waals surface area (Å²) >= 11 is 0. The summed E-state index contributed by atoms with van der Waals surface area (Å²) in [4.78, 5) is 39.7. The third-order valence-corrected chi connectivity index (χ3v) is 3.94. The van der Waals surface area contributed by atoms with Gasteiger partial charge in [-0.3, -0.25) is 9.59 Å². The average molecular weight is 332 g/mol. The first-order valence-electron chi connectivity index (χ1n) is 7.41. The van der Waals surface area contributed by atoms with Crippen LogP contribution in [0.1, 0.15) is 60.9 Å². The standard InChI is InChI=1S/C17H20N2O5/c1-8-14(10(3)20)9(2)18-15(8)16(21)19(5)7-12-6-13(17(22)23)11(4)24-12/h6,18H,7H2,1-5H3,(H,22,23). The Morgan fingerprint density at radius 1 is 1.25 bits per heavy atom. The first-order valence-corrected chi connectivity index (χ1v) is 7.41. The van der Waals surface area contributed by atoms with Gasteiger partial charge in [0.15, 0.2) is 5.78 Å². The number of carboxylic acids is 1. The summed E-state index contributed by atoms with van der Waals surface area (Å²) < 4.78 is 5.39. The van der Waals surface area contributed by atoms with Crippen LogP contribution >= 0.6 is 0 Å². The van der Waals surface area contributed by atoms with Crippen molar-refractivity contribution in [1.82, 2.24) is 9.88 Å².